The zero-order valence-electron chi connectivity index (χ0n) is 11.6. The van der Waals surface area contributed by atoms with E-state index >= 15 is 0 Å². The summed E-state index contributed by atoms with van der Waals surface area (Å²) >= 11 is 6.13. The van der Waals surface area contributed by atoms with Crippen LogP contribution in [0.4, 0.5) is 11.4 Å². The van der Waals surface area contributed by atoms with Gasteiger partial charge in [-0.3, -0.25) is 4.79 Å². The topological polar surface area (TPSA) is 46.3 Å². The third-order valence-corrected chi connectivity index (χ3v) is 3.54. The molecule has 0 atom stereocenters. The van der Waals surface area contributed by atoms with Crippen molar-refractivity contribution in [3.05, 3.63) is 58.6 Å². The Labute approximate surface area is 124 Å². The Morgan fingerprint density at radius 2 is 1.90 bits per heavy atom. The van der Waals surface area contributed by atoms with E-state index in [0.717, 1.165) is 11.3 Å². The van der Waals surface area contributed by atoms with Crippen LogP contribution in [0.15, 0.2) is 42.5 Å². The van der Waals surface area contributed by atoms with Gasteiger partial charge in [-0.25, -0.2) is 0 Å². The second-order valence-electron chi connectivity index (χ2n) is 4.54. The summed E-state index contributed by atoms with van der Waals surface area (Å²) in [7, 11) is 0. The summed E-state index contributed by atoms with van der Waals surface area (Å²) in [6, 6.07) is 12.8. The first-order valence-corrected chi connectivity index (χ1v) is 6.85. The van der Waals surface area contributed by atoms with E-state index in [0.29, 0.717) is 22.8 Å². The molecule has 104 valence electrons. The van der Waals surface area contributed by atoms with E-state index in [1.807, 2.05) is 38.1 Å². The highest BCUT2D eigenvalue weighted by Crippen LogP contribution is 2.27. The predicted octanol–water partition coefficient (Wildman–Crippen LogP) is 3.90. The number of hydrogen-bond donors (Lipinski definition) is 1. The molecule has 0 saturated heterocycles. The molecule has 0 aromatic heterocycles. The van der Waals surface area contributed by atoms with Crippen LogP contribution in [-0.4, -0.2) is 12.5 Å². The van der Waals surface area contributed by atoms with Crippen molar-refractivity contribution in [3.63, 3.8) is 0 Å². The third-order valence-electron chi connectivity index (χ3n) is 3.23. The lowest BCUT2D eigenvalue weighted by Gasteiger charge is -2.24. The van der Waals surface area contributed by atoms with Gasteiger partial charge in [0.2, 0.25) is 0 Å². The van der Waals surface area contributed by atoms with Gasteiger partial charge in [-0.05, 0) is 37.6 Å². The standard InChI is InChI=1S/C16H17ClN2O/c1-3-19(14-10-5-4-7-11(14)2)16(20)15-12(17)8-6-9-13(15)18/h4-10H,3,18H2,1-2H3. The number of nitrogens with zero attached hydrogens (tertiary/aromatic N) is 1. The van der Waals surface area contributed by atoms with Gasteiger partial charge in [0.25, 0.3) is 5.91 Å². The lowest BCUT2D eigenvalue weighted by atomic mass is 10.1. The summed E-state index contributed by atoms with van der Waals surface area (Å²) in [6.07, 6.45) is 0. The highest BCUT2D eigenvalue weighted by Gasteiger charge is 2.21. The smallest absolute Gasteiger partial charge is 0.261 e. The fraction of sp³-hybridized carbons (Fsp3) is 0.188. The molecule has 0 unspecified atom stereocenters. The summed E-state index contributed by atoms with van der Waals surface area (Å²) in [5.41, 5.74) is 8.57. The molecular formula is C16H17ClN2O. The predicted molar refractivity (Wildman–Crippen MR) is 84.4 cm³/mol. The average Bonchev–Trinajstić information content (AvgIpc) is 2.41. The molecule has 2 aromatic rings. The molecule has 0 aliphatic carbocycles. The van der Waals surface area contributed by atoms with E-state index in [4.69, 9.17) is 17.3 Å². The number of aryl methyl sites for hydroxylation is 1. The monoisotopic (exact) mass is 288 g/mol. The lowest BCUT2D eigenvalue weighted by molar-refractivity contribution is 0.0989. The number of para-hydroxylation sites is 1. The van der Waals surface area contributed by atoms with Gasteiger partial charge >= 0.3 is 0 Å². The minimum atomic E-state index is -0.176. The van der Waals surface area contributed by atoms with E-state index in [1.54, 1.807) is 23.1 Å². The van der Waals surface area contributed by atoms with Crippen LogP contribution in [0.1, 0.15) is 22.8 Å². The number of hydrogen-bond acceptors (Lipinski definition) is 2. The Bertz CT molecular complexity index is 620. The summed E-state index contributed by atoms with van der Waals surface area (Å²) < 4.78 is 0. The number of nitrogen functional groups attached to an aromatic ring is 1. The number of anilines is 2. The van der Waals surface area contributed by atoms with Crippen molar-refractivity contribution in [3.8, 4) is 0 Å². The summed E-state index contributed by atoms with van der Waals surface area (Å²) in [4.78, 5) is 14.4. The summed E-state index contributed by atoms with van der Waals surface area (Å²) in [5, 5.41) is 0.377. The molecule has 0 heterocycles. The van der Waals surface area contributed by atoms with E-state index in [1.165, 1.54) is 0 Å². The van der Waals surface area contributed by atoms with Gasteiger partial charge in [0.1, 0.15) is 0 Å². The molecular weight excluding hydrogens is 272 g/mol. The van der Waals surface area contributed by atoms with Crippen LogP contribution in [0, 0.1) is 6.92 Å². The summed E-state index contributed by atoms with van der Waals surface area (Å²) in [5.74, 6) is -0.176. The maximum atomic E-state index is 12.7. The number of carbonyl (C=O) groups excluding carboxylic acids is 1. The van der Waals surface area contributed by atoms with Crippen molar-refractivity contribution in [1.29, 1.82) is 0 Å². The number of halogens is 1. The molecule has 0 spiro atoms. The Morgan fingerprint density at radius 3 is 2.50 bits per heavy atom. The number of rotatable bonds is 3. The molecule has 0 saturated carbocycles. The zero-order chi connectivity index (χ0) is 14.7. The molecule has 0 fully saturated rings. The van der Waals surface area contributed by atoms with Crippen LogP contribution >= 0.6 is 11.6 Å². The zero-order valence-corrected chi connectivity index (χ0v) is 12.3. The largest absolute Gasteiger partial charge is 0.398 e. The number of nitrogens with two attached hydrogens (primary N) is 1. The molecule has 0 radical (unpaired) electrons. The Kier molecular flexibility index (Phi) is 4.30. The van der Waals surface area contributed by atoms with Gasteiger partial charge < -0.3 is 10.6 Å². The molecule has 2 rings (SSSR count). The fourth-order valence-electron chi connectivity index (χ4n) is 2.19. The minimum Gasteiger partial charge on any atom is -0.398 e. The van der Waals surface area contributed by atoms with Crippen molar-refractivity contribution in [1.82, 2.24) is 0 Å². The van der Waals surface area contributed by atoms with Gasteiger partial charge in [0, 0.05) is 17.9 Å². The Balaban J connectivity index is 2.48. The van der Waals surface area contributed by atoms with Crippen LogP contribution in [0.5, 0.6) is 0 Å². The Morgan fingerprint density at radius 1 is 1.20 bits per heavy atom. The minimum absolute atomic E-state index is 0.176. The number of benzene rings is 2. The van der Waals surface area contributed by atoms with Crippen LogP contribution in [0.3, 0.4) is 0 Å². The molecule has 4 heteroatoms. The maximum Gasteiger partial charge on any atom is 0.261 e. The van der Waals surface area contributed by atoms with E-state index in [9.17, 15) is 4.79 Å². The van der Waals surface area contributed by atoms with Gasteiger partial charge in [0.15, 0.2) is 0 Å². The van der Waals surface area contributed by atoms with Crippen molar-refractivity contribution in [2.75, 3.05) is 17.2 Å². The first-order chi connectivity index (χ1) is 9.56. The van der Waals surface area contributed by atoms with Crippen LogP contribution in [-0.2, 0) is 0 Å². The highest BCUT2D eigenvalue weighted by atomic mass is 35.5. The quantitative estimate of drug-likeness (QED) is 0.871. The van der Waals surface area contributed by atoms with E-state index < -0.39 is 0 Å². The van der Waals surface area contributed by atoms with Crippen LogP contribution in [0.25, 0.3) is 0 Å². The SMILES string of the molecule is CCN(C(=O)c1c(N)cccc1Cl)c1ccccc1C. The highest BCUT2D eigenvalue weighted by molar-refractivity contribution is 6.35. The van der Waals surface area contributed by atoms with Gasteiger partial charge in [0.05, 0.1) is 10.6 Å². The van der Waals surface area contributed by atoms with Gasteiger partial charge in [-0.15, -0.1) is 0 Å². The molecule has 0 aliphatic heterocycles. The molecule has 2 aromatic carbocycles. The van der Waals surface area contributed by atoms with Crippen molar-refractivity contribution in [2.24, 2.45) is 0 Å². The molecule has 0 bridgehead atoms. The molecule has 3 nitrogen and oxygen atoms in total. The average molecular weight is 289 g/mol. The van der Waals surface area contributed by atoms with Gasteiger partial charge in [-0.2, -0.15) is 0 Å². The number of carbonyl (C=O) groups is 1. The third kappa shape index (κ3) is 2.63. The first-order valence-electron chi connectivity index (χ1n) is 6.47. The fourth-order valence-corrected chi connectivity index (χ4v) is 2.45. The molecule has 0 aliphatic rings. The second kappa shape index (κ2) is 5.97. The van der Waals surface area contributed by atoms with Crippen LogP contribution in [0.2, 0.25) is 5.02 Å². The van der Waals surface area contributed by atoms with E-state index in [2.05, 4.69) is 0 Å². The Hall–Kier alpha value is -2.00. The van der Waals surface area contributed by atoms with Gasteiger partial charge in [-0.1, -0.05) is 35.9 Å². The molecule has 1 amide bonds. The van der Waals surface area contributed by atoms with Crippen molar-refractivity contribution >= 4 is 28.9 Å². The molecule has 20 heavy (non-hydrogen) atoms. The maximum absolute atomic E-state index is 12.7. The second-order valence-corrected chi connectivity index (χ2v) is 4.95. The molecule has 2 N–H and O–H groups in total. The van der Waals surface area contributed by atoms with Crippen molar-refractivity contribution in [2.45, 2.75) is 13.8 Å². The normalized spacial score (nSPS) is 10.3. The first kappa shape index (κ1) is 14.4. The van der Waals surface area contributed by atoms with Crippen LogP contribution < -0.4 is 10.6 Å². The lowest BCUT2D eigenvalue weighted by Crippen LogP contribution is -2.32. The number of amides is 1. The summed E-state index contributed by atoms with van der Waals surface area (Å²) in [6.45, 7) is 4.45. The van der Waals surface area contributed by atoms with Crippen molar-refractivity contribution < 1.29 is 4.79 Å². The van der Waals surface area contributed by atoms with E-state index in [-0.39, 0.29) is 5.91 Å².